The molecule has 0 spiro atoms. The van der Waals surface area contributed by atoms with Crippen LogP contribution < -0.4 is 9.47 Å². The highest BCUT2D eigenvalue weighted by Gasteiger charge is 2.20. The highest BCUT2D eigenvalue weighted by atomic mass is 19.3. The molecule has 1 amide bonds. The molecule has 3 aromatic rings. The van der Waals surface area contributed by atoms with Crippen molar-refractivity contribution in [3.8, 4) is 17.2 Å². The number of carbonyl (C=O) groups excluding carboxylic acids is 1. The van der Waals surface area contributed by atoms with Crippen molar-refractivity contribution >= 4 is 5.91 Å². The van der Waals surface area contributed by atoms with Gasteiger partial charge in [0, 0.05) is 12.1 Å². The molecule has 3 aromatic carbocycles. The molecule has 6 heteroatoms. The lowest BCUT2D eigenvalue weighted by Crippen LogP contribution is -2.34. The molecule has 0 aromatic heterocycles. The van der Waals surface area contributed by atoms with E-state index in [0.717, 1.165) is 10.5 Å². The molecule has 0 fully saturated rings. The molecule has 0 aliphatic heterocycles. The average molecular weight is 397 g/mol. The third kappa shape index (κ3) is 5.54. The Morgan fingerprint density at radius 2 is 1.52 bits per heavy atom. The molecule has 0 N–H and O–H groups in total. The normalized spacial score (nSPS) is 10.6. The molecule has 0 bridgehead atoms. The molecule has 0 saturated heterocycles. The number of hydrogen-bond donors (Lipinski definition) is 0. The lowest BCUT2D eigenvalue weighted by atomic mass is 10.1. The Morgan fingerprint density at radius 3 is 2.14 bits per heavy atom. The number of rotatable bonds is 8. The average Bonchev–Trinajstić information content (AvgIpc) is 2.74. The second kappa shape index (κ2) is 9.68. The fourth-order valence-electron chi connectivity index (χ4n) is 2.87. The van der Waals surface area contributed by atoms with Crippen LogP contribution in [-0.2, 0) is 6.54 Å². The zero-order chi connectivity index (χ0) is 20.6. The molecule has 0 radical (unpaired) electrons. The Hall–Kier alpha value is -3.41. The molecule has 3 rings (SSSR count). The molecule has 4 nitrogen and oxygen atoms in total. The smallest absolute Gasteiger partial charge is 0.255 e. The summed E-state index contributed by atoms with van der Waals surface area (Å²) in [5.74, 6) is 1.17. The van der Waals surface area contributed by atoms with E-state index in [1.807, 2.05) is 30.3 Å². The van der Waals surface area contributed by atoms with Gasteiger partial charge in [0.1, 0.15) is 5.75 Å². The fraction of sp³-hybridized carbons (Fsp3) is 0.174. The minimum atomic E-state index is -2.61. The third-order valence-electron chi connectivity index (χ3n) is 4.26. The number of halogens is 2. The summed E-state index contributed by atoms with van der Waals surface area (Å²) < 4.78 is 37.1. The topological polar surface area (TPSA) is 38.8 Å². The Labute approximate surface area is 168 Å². The van der Waals surface area contributed by atoms with Crippen LogP contribution in [0.2, 0.25) is 0 Å². The zero-order valence-corrected chi connectivity index (χ0v) is 15.9. The van der Waals surface area contributed by atoms with Crippen molar-refractivity contribution in [1.29, 1.82) is 0 Å². The van der Waals surface area contributed by atoms with Gasteiger partial charge in [0.25, 0.3) is 12.3 Å². The van der Waals surface area contributed by atoms with Gasteiger partial charge >= 0.3 is 0 Å². The van der Waals surface area contributed by atoms with Gasteiger partial charge in [-0.2, -0.15) is 0 Å². The maximum Gasteiger partial charge on any atom is 0.255 e. The molecule has 150 valence electrons. The number of nitrogens with zero attached hydrogens (tertiary/aromatic N) is 1. The van der Waals surface area contributed by atoms with E-state index in [0.29, 0.717) is 22.8 Å². The van der Waals surface area contributed by atoms with Crippen LogP contribution in [0.4, 0.5) is 8.78 Å². The van der Waals surface area contributed by atoms with Crippen molar-refractivity contribution in [3.05, 3.63) is 90.0 Å². The van der Waals surface area contributed by atoms with Crippen LogP contribution in [0.15, 0.2) is 78.9 Å². The van der Waals surface area contributed by atoms with E-state index >= 15 is 0 Å². The summed E-state index contributed by atoms with van der Waals surface area (Å²) in [6.45, 7) is -0.517. The van der Waals surface area contributed by atoms with Crippen LogP contribution >= 0.6 is 0 Å². The lowest BCUT2D eigenvalue weighted by molar-refractivity contribution is 0.0535. The van der Waals surface area contributed by atoms with E-state index in [1.165, 1.54) is 0 Å². The summed E-state index contributed by atoms with van der Waals surface area (Å²) >= 11 is 0. The van der Waals surface area contributed by atoms with Crippen LogP contribution in [0.25, 0.3) is 0 Å². The largest absolute Gasteiger partial charge is 0.493 e. The molecule has 0 saturated carbocycles. The third-order valence-corrected chi connectivity index (χ3v) is 4.26. The number of benzene rings is 3. The van der Waals surface area contributed by atoms with E-state index in [9.17, 15) is 13.6 Å². The summed E-state index contributed by atoms with van der Waals surface area (Å²) in [6, 6.07) is 22.6. The molecule has 0 atom stereocenters. The van der Waals surface area contributed by atoms with Crippen molar-refractivity contribution in [2.45, 2.75) is 13.0 Å². The van der Waals surface area contributed by atoms with Gasteiger partial charge in [-0.25, -0.2) is 8.78 Å². The first-order chi connectivity index (χ1) is 14.1. The molecule has 0 aliphatic carbocycles. The predicted molar refractivity (Wildman–Crippen MR) is 107 cm³/mol. The number of para-hydroxylation sites is 2. The summed E-state index contributed by atoms with van der Waals surface area (Å²) in [5.41, 5.74) is 1.10. The van der Waals surface area contributed by atoms with E-state index in [-0.39, 0.29) is 6.54 Å². The van der Waals surface area contributed by atoms with Gasteiger partial charge in [0.2, 0.25) is 0 Å². The van der Waals surface area contributed by atoms with Gasteiger partial charge in [-0.1, -0.05) is 42.5 Å². The Bertz CT molecular complexity index is 930. The van der Waals surface area contributed by atoms with Crippen LogP contribution in [0.1, 0.15) is 15.9 Å². The first kappa shape index (κ1) is 20.3. The van der Waals surface area contributed by atoms with Crippen molar-refractivity contribution in [2.24, 2.45) is 0 Å². The van der Waals surface area contributed by atoms with Crippen LogP contribution in [0.3, 0.4) is 0 Å². The van der Waals surface area contributed by atoms with E-state index in [4.69, 9.17) is 9.47 Å². The molecular formula is C23H21F2NO3. The van der Waals surface area contributed by atoms with E-state index in [2.05, 4.69) is 0 Å². The lowest BCUT2D eigenvalue weighted by Gasteiger charge is -2.22. The number of ether oxygens (including phenoxy) is 2. The summed E-state index contributed by atoms with van der Waals surface area (Å²) in [5, 5.41) is 0. The van der Waals surface area contributed by atoms with E-state index in [1.54, 1.807) is 55.6 Å². The summed E-state index contributed by atoms with van der Waals surface area (Å²) in [6.07, 6.45) is -2.61. The maximum absolute atomic E-state index is 13.0. The van der Waals surface area contributed by atoms with Gasteiger partial charge in [0.15, 0.2) is 11.5 Å². The first-order valence-electron chi connectivity index (χ1n) is 9.09. The van der Waals surface area contributed by atoms with Crippen LogP contribution in [-0.4, -0.2) is 30.9 Å². The fourth-order valence-corrected chi connectivity index (χ4v) is 2.87. The van der Waals surface area contributed by atoms with Gasteiger partial charge in [-0.05, 0) is 42.0 Å². The SMILES string of the molecule is COc1ccccc1Oc1ccc(C(=O)N(Cc2ccccc2)CC(F)F)cc1. The monoisotopic (exact) mass is 397 g/mol. The minimum absolute atomic E-state index is 0.115. The van der Waals surface area contributed by atoms with Crippen molar-refractivity contribution in [3.63, 3.8) is 0 Å². The Kier molecular flexibility index (Phi) is 6.79. The van der Waals surface area contributed by atoms with Gasteiger partial charge in [0.05, 0.1) is 13.7 Å². The molecule has 0 heterocycles. The van der Waals surface area contributed by atoms with Gasteiger partial charge in [-0.3, -0.25) is 4.79 Å². The van der Waals surface area contributed by atoms with Crippen LogP contribution in [0, 0.1) is 0 Å². The number of methoxy groups -OCH3 is 1. The van der Waals surface area contributed by atoms with Crippen LogP contribution in [0.5, 0.6) is 17.2 Å². The Balaban J connectivity index is 1.74. The predicted octanol–water partition coefficient (Wildman–Crippen LogP) is 5.40. The minimum Gasteiger partial charge on any atom is -0.493 e. The molecule has 0 unspecified atom stereocenters. The molecule has 29 heavy (non-hydrogen) atoms. The number of amides is 1. The van der Waals surface area contributed by atoms with Crippen molar-refractivity contribution in [2.75, 3.05) is 13.7 Å². The maximum atomic E-state index is 13.0. The quantitative estimate of drug-likeness (QED) is 0.511. The molecule has 0 aliphatic rings. The molecular weight excluding hydrogens is 376 g/mol. The summed E-state index contributed by atoms with van der Waals surface area (Å²) in [7, 11) is 1.55. The zero-order valence-electron chi connectivity index (χ0n) is 15.9. The number of alkyl halides is 2. The Morgan fingerprint density at radius 1 is 0.897 bits per heavy atom. The highest BCUT2D eigenvalue weighted by Crippen LogP contribution is 2.31. The van der Waals surface area contributed by atoms with Gasteiger partial charge in [-0.15, -0.1) is 0 Å². The van der Waals surface area contributed by atoms with Gasteiger partial charge < -0.3 is 14.4 Å². The first-order valence-corrected chi connectivity index (χ1v) is 9.09. The standard InChI is InChI=1S/C23H21F2NO3/c1-28-20-9-5-6-10-21(20)29-19-13-11-18(12-14-19)23(27)26(16-22(24)25)15-17-7-3-2-4-8-17/h2-14,22H,15-16H2,1H3. The van der Waals surface area contributed by atoms with Crippen molar-refractivity contribution in [1.82, 2.24) is 4.90 Å². The number of hydrogen-bond acceptors (Lipinski definition) is 3. The van der Waals surface area contributed by atoms with E-state index < -0.39 is 18.9 Å². The highest BCUT2D eigenvalue weighted by molar-refractivity contribution is 5.94. The second-order valence-corrected chi connectivity index (χ2v) is 6.34. The number of carbonyl (C=O) groups is 1. The second-order valence-electron chi connectivity index (χ2n) is 6.34. The summed E-state index contributed by atoms with van der Waals surface area (Å²) in [4.78, 5) is 13.9. The van der Waals surface area contributed by atoms with Crippen molar-refractivity contribution < 1.29 is 23.0 Å².